The van der Waals surface area contributed by atoms with Gasteiger partial charge in [0.25, 0.3) is 0 Å². The SMILES string of the molecule is CN(CCCNC(=O)C=Cc1ccc2c(c1)CCO2)c1ccccc1. The standard InChI is InChI=1S/C21H24N2O2/c1-23(19-6-3-2-4-7-19)14-5-13-22-21(24)11-9-17-8-10-20-18(16-17)12-15-25-20/h2-4,6-11,16H,5,12-15H2,1H3,(H,22,24). The normalized spacial score (nSPS) is 12.7. The van der Waals surface area contributed by atoms with Crippen molar-refractivity contribution in [2.75, 3.05) is 31.6 Å². The van der Waals surface area contributed by atoms with E-state index < -0.39 is 0 Å². The largest absolute Gasteiger partial charge is 0.493 e. The Labute approximate surface area is 149 Å². The molecule has 130 valence electrons. The van der Waals surface area contributed by atoms with Crippen LogP contribution in [-0.4, -0.2) is 32.7 Å². The number of para-hydroxylation sites is 1. The smallest absolute Gasteiger partial charge is 0.244 e. The molecule has 1 heterocycles. The van der Waals surface area contributed by atoms with Gasteiger partial charge in [0, 0.05) is 38.3 Å². The number of nitrogens with zero attached hydrogens (tertiary/aromatic N) is 1. The van der Waals surface area contributed by atoms with Gasteiger partial charge in [0.05, 0.1) is 6.61 Å². The van der Waals surface area contributed by atoms with Gasteiger partial charge in [-0.25, -0.2) is 0 Å². The van der Waals surface area contributed by atoms with Crippen LogP contribution in [0.1, 0.15) is 17.5 Å². The molecule has 1 aliphatic rings. The van der Waals surface area contributed by atoms with Crippen molar-refractivity contribution in [1.29, 1.82) is 0 Å². The minimum absolute atomic E-state index is 0.0564. The Morgan fingerprint density at radius 1 is 1.24 bits per heavy atom. The summed E-state index contributed by atoms with van der Waals surface area (Å²) in [6.45, 7) is 2.32. The molecule has 2 aromatic rings. The number of nitrogens with one attached hydrogen (secondary N) is 1. The van der Waals surface area contributed by atoms with E-state index in [0.29, 0.717) is 6.54 Å². The van der Waals surface area contributed by atoms with Gasteiger partial charge in [-0.1, -0.05) is 24.3 Å². The van der Waals surface area contributed by atoms with Crippen LogP contribution in [-0.2, 0) is 11.2 Å². The number of benzene rings is 2. The van der Waals surface area contributed by atoms with Gasteiger partial charge in [0.15, 0.2) is 0 Å². The van der Waals surface area contributed by atoms with Gasteiger partial charge in [0.2, 0.25) is 5.91 Å². The maximum absolute atomic E-state index is 11.9. The first kappa shape index (κ1) is 17.1. The molecular formula is C21H24N2O2. The third kappa shape index (κ3) is 4.86. The first-order valence-corrected chi connectivity index (χ1v) is 8.70. The fourth-order valence-electron chi connectivity index (χ4n) is 2.88. The molecule has 0 atom stereocenters. The second kappa shape index (κ2) is 8.38. The maximum Gasteiger partial charge on any atom is 0.244 e. The summed E-state index contributed by atoms with van der Waals surface area (Å²) >= 11 is 0. The number of hydrogen-bond donors (Lipinski definition) is 1. The minimum atomic E-state index is -0.0564. The molecule has 0 aliphatic carbocycles. The van der Waals surface area contributed by atoms with Crippen molar-refractivity contribution in [2.24, 2.45) is 0 Å². The summed E-state index contributed by atoms with van der Waals surface area (Å²) in [4.78, 5) is 14.1. The summed E-state index contributed by atoms with van der Waals surface area (Å²) in [5, 5.41) is 2.93. The van der Waals surface area contributed by atoms with Crippen molar-refractivity contribution in [3.8, 4) is 5.75 Å². The van der Waals surface area contributed by atoms with Crippen LogP contribution in [0.5, 0.6) is 5.75 Å². The number of ether oxygens (including phenoxy) is 1. The molecule has 0 saturated carbocycles. The lowest BCUT2D eigenvalue weighted by Gasteiger charge is -2.19. The van der Waals surface area contributed by atoms with Crippen LogP contribution in [0.2, 0.25) is 0 Å². The number of carbonyl (C=O) groups is 1. The Morgan fingerprint density at radius 3 is 2.92 bits per heavy atom. The first-order valence-electron chi connectivity index (χ1n) is 8.70. The molecule has 0 spiro atoms. The van der Waals surface area contributed by atoms with Gasteiger partial charge in [-0.05, 0) is 47.9 Å². The Hall–Kier alpha value is -2.75. The summed E-state index contributed by atoms with van der Waals surface area (Å²) in [6.07, 6.45) is 5.29. The van der Waals surface area contributed by atoms with Crippen LogP contribution >= 0.6 is 0 Å². The molecule has 0 fully saturated rings. The van der Waals surface area contributed by atoms with Crippen LogP contribution in [0.25, 0.3) is 6.08 Å². The molecule has 0 saturated heterocycles. The lowest BCUT2D eigenvalue weighted by atomic mass is 10.1. The molecule has 0 unspecified atom stereocenters. The van der Waals surface area contributed by atoms with E-state index in [9.17, 15) is 4.79 Å². The summed E-state index contributed by atoms with van der Waals surface area (Å²) in [5.74, 6) is 0.906. The fraction of sp³-hybridized carbons (Fsp3) is 0.286. The van der Waals surface area contributed by atoms with Crippen molar-refractivity contribution in [2.45, 2.75) is 12.8 Å². The molecule has 1 amide bonds. The van der Waals surface area contributed by atoms with E-state index in [4.69, 9.17) is 4.74 Å². The molecule has 0 bridgehead atoms. The van der Waals surface area contributed by atoms with Crippen LogP contribution in [0, 0.1) is 0 Å². The zero-order chi connectivity index (χ0) is 17.5. The fourth-order valence-corrected chi connectivity index (χ4v) is 2.88. The number of hydrogen-bond acceptors (Lipinski definition) is 3. The molecule has 4 nitrogen and oxygen atoms in total. The van der Waals surface area contributed by atoms with Crippen LogP contribution in [0.15, 0.2) is 54.6 Å². The van der Waals surface area contributed by atoms with Crippen molar-refractivity contribution in [3.63, 3.8) is 0 Å². The van der Waals surface area contributed by atoms with Gasteiger partial charge < -0.3 is 15.0 Å². The van der Waals surface area contributed by atoms with Crippen molar-refractivity contribution >= 4 is 17.7 Å². The van der Waals surface area contributed by atoms with E-state index in [1.54, 1.807) is 6.08 Å². The summed E-state index contributed by atoms with van der Waals surface area (Å²) in [6, 6.07) is 16.3. The predicted octanol–water partition coefficient (Wildman–Crippen LogP) is 3.28. The minimum Gasteiger partial charge on any atom is -0.493 e. The second-order valence-electron chi connectivity index (χ2n) is 6.20. The van der Waals surface area contributed by atoms with Crippen LogP contribution in [0.3, 0.4) is 0 Å². The number of carbonyl (C=O) groups excluding carboxylic acids is 1. The zero-order valence-electron chi connectivity index (χ0n) is 14.6. The molecule has 0 aromatic heterocycles. The van der Waals surface area contributed by atoms with Gasteiger partial charge in [-0.3, -0.25) is 4.79 Å². The number of anilines is 1. The Bertz CT molecular complexity index is 741. The van der Waals surface area contributed by atoms with Gasteiger partial charge >= 0.3 is 0 Å². The third-order valence-electron chi connectivity index (χ3n) is 4.31. The number of rotatable bonds is 7. The van der Waals surface area contributed by atoms with E-state index in [1.807, 2.05) is 36.4 Å². The van der Waals surface area contributed by atoms with Crippen molar-refractivity contribution in [3.05, 3.63) is 65.7 Å². The lowest BCUT2D eigenvalue weighted by Crippen LogP contribution is -2.26. The van der Waals surface area contributed by atoms with Gasteiger partial charge in [-0.15, -0.1) is 0 Å². The molecule has 3 rings (SSSR count). The van der Waals surface area contributed by atoms with E-state index >= 15 is 0 Å². The summed E-state index contributed by atoms with van der Waals surface area (Å²) in [7, 11) is 2.06. The Morgan fingerprint density at radius 2 is 2.08 bits per heavy atom. The lowest BCUT2D eigenvalue weighted by molar-refractivity contribution is -0.116. The van der Waals surface area contributed by atoms with E-state index in [2.05, 4.69) is 35.5 Å². The maximum atomic E-state index is 11.9. The summed E-state index contributed by atoms with van der Waals surface area (Å²) in [5.41, 5.74) is 3.43. The van der Waals surface area contributed by atoms with Gasteiger partial charge in [-0.2, -0.15) is 0 Å². The Kier molecular flexibility index (Phi) is 5.73. The molecule has 4 heteroatoms. The van der Waals surface area contributed by atoms with E-state index in [0.717, 1.165) is 37.3 Å². The number of fused-ring (bicyclic) bond motifs is 1. The quantitative estimate of drug-likeness (QED) is 0.623. The highest BCUT2D eigenvalue weighted by Gasteiger charge is 2.11. The third-order valence-corrected chi connectivity index (χ3v) is 4.31. The van der Waals surface area contributed by atoms with E-state index in [-0.39, 0.29) is 5.91 Å². The highest BCUT2D eigenvalue weighted by atomic mass is 16.5. The van der Waals surface area contributed by atoms with E-state index in [1.165, 1.54) is 11.3 Å². The molecule has 25 heavy (non-hydrogen) atoms. The predicted molar refractivity (Wildman–Crippen MR) is 102 cm³/mol. The van der Waals surface area contributed by atoms with Crippen molar-refractivity contribution < 1.29 is 9.53 Å². The molecule has 1 aliphatic heterocycles. The molecule has 0 radical (unpaired) electrons. The molecular weight excluding hydrogens is 312 g/mol. The Balaban J connectivity index is 1.39. The van der Waals surface area contributed by atoms with Crippen LogP contribution in [0.4, 0.5) is 5.69 Å². The first-order chi connectivity index (χ1) is 12.2. The number of amides is 1. The zero-order valence-corrected chi connectivity index (χ0v) is 14.6. The second-order valence-corrected chi connectivity index (χ2v) is 6.20. The molecule has 1 N–H and O–H groups in total. The highest BCUT2D eigenvalue weighted by molar-refractivity contribution is 5.91. The average molecular weight is 336 g/mol. The van der Waals surface area contributed by atoms with Gasteiger partial charge in [0.1, 0.15) is 5.75 Å². The topological polar surface area (TPSA) is 41.6 Å². The summed E-state index contributed by atoms with van der Waals surface area (Å²) < 4.78 is 5.49. The highest BCUT2D eigenvalue weighted by Crippen LogP contribution is 2.26. The monoisotopic (exact) mass is 336 g/mol. The van der Waals surface area contributed by atoms with Crippen LogP contribution < -0.4 is 15.0 Å². The molecule has 2 aromatic carbocycles. The van der Waals surface area contributed by atoms with Crippen molar-refractivity contribution in [1.82, 2.24) is 5.32 Å². The average Bonchev–Trinajstić information content (AvgIpc) is 3.12.